The molecule has 85 valence electrons. The lowest BCUT2D eigenvalue weighted by atomic mass is 9.96. The largest absolute Gasteiger partial charge is 0.465 e. The molecular weight excluding hydrogens is 210 g/mol. The molecule has 0 saturated carbocycles. The Morgan fingerprint density at radius 3 is 2.38 bits per heavy atom. The monoisotopic (exact) mass is 222 g/mol. The summed E-state index contributed by atoms with van der Waals surface area (Å²) in [5, 5.41) is 10.6. The molecular formula is C11H12NO4. The van der Waals surface area contributed by atoms with E-state index in [2.05, 4.69) is 4.74 Å². The van der Waals surface area contributed by atoms with Gasteiger partial charge in [0.1, 0.15) is 0 Å². The summed E-state index contributed by atoms with van der Waals surface area (Å²) in [6, 6.07) is 4.08. The van der Waals surface area contributed by atoms with Gasteiger partial charge in [0, 0.05) is 12.1 Å². The fraction of sp³-hybridized carbons (Fsp3) is 0.273. The number of ether oxygens (including phenoxy) is 1. The van der Waals surface area contributed by atoms with E-state index in [1.165, 1.54) is 25.3 Å². The molecule has 1 aromatic rings. The number of rotatable bonds is 3. The van der Waals surface area contributed by atoms with Crippen molar-refractivity contribution >= 4 is 11.7 Å². The SMILES string of the molecule is COC(=O)c1ccc([N+](=O)[O-])cc1[C](C)C. The number of benzene rings is 1. The van der Waals surface area contributed by atoms with E-state index in [4.69, 9.17) is 0 Å². The zero-order valence-corrected chi connectivity index (χ0v) is 9.31. The highest BCUT2D eigenvalue weighted by atomic mass is 16.6. The Morgan fingerprint density at radius 1 is 1.31 bits per heavy atom. The lowest BCUT2D eigenvalue weighted by Crippen LogP contribution is -2.07. The normalized spacial score (nSPS) is 10.2. The topological polar surface area (TPSA) is 69.4 Å². The fourth-order valence-electron chi connectivity index (χ4n) is 1.35. The van der Waals surface area contributed by atoms with Gasteiger partial charge in [0.2, 0.25) is 0 Å². The second-order valence-corrected chi connectivity index (χ2v) is 3.48. The first-order valence-electron chi connectivity index (χ1n) is 4.64. The quantitative estimate of drug-likeness (QED) is 0.447. The molecule has 0 aliphatic carbocycles. The third-order valence-corrected chi connectivity index (χ3v) is 2.16. The van der Waals surface area contributed by atoms with Crippen molar-refractivity contribution < 1.29 is 14.5 Å². The summed E-state index contributed by atoms with van der Waals surface area (Å²) in [6.07, 6.45) is 0. The zero-order chi connectivity index (χ0) is 12.3. The van der Waals surface area contributed by atoms with Gasteiger partial charge in [-0.05, 0) is 17.5 Å². The van der Waals surface area contributed by atoms with Crippen LogP contribution in [0.2, 0.25) is 0 Å². The highest BCUT2D eigenvalue weighted by molar-refractivity contribution is 5.92. The van der Waals surface area contributed by atoms with Crippen molar-refractivity contribution in [3.63, 3.8) is 0 Å². The predicted molar refractivity (Wildman–Crippen MR) is 58.1 cm³/mol. The molecule has 5 nitrogen and oxygen atoms in total. The average molecular weight is 222 g/mol. The van der Waals surface area contributed by atoms with E-state index in [-0.39, 0.29) is 5.69 Å². The Hall–Kier alpha value is -1.91. The second-order valence-electron chi connectivity index (χ2n) is 3.48. The number of hydrogen-bond donors (Lipinski definition) is 0. The Bertz CT molecular complexity index is 426. The van der Waals surface area contributed by atoms with Gasteiger partial charge in [-0.1, -0.05) is 13.8 Å². The molecule has 1 rings (SSSR count). The Balaban J connectivity index is 3.30. The third kappa shape index (κ3) is 2.36. The Labute approximate surface area is 93.2 Å². The van der Waals surface area contributed by atoms with E-state index in [0.29, 0.717) is 11.1 Å². The zero-order valence-electron chi connectivity index (χ0n) is 9.31. The first-order valence-corrected chi connectivity index (χ1v) is 4.64. The van der Waals surface area contributed by atoms with Crippen LogP contribution in [0.3, 0.4) is 0 Å². The van der Waals surface area contributed by atoms with Gasteiger partial charge < -0.3 is 4.74 Å². The van der Waals surface area contributed by atoms with Crippen LogP contribution in [-0.4, -0.2) is 18.0 Å². The summed E-state index contributed by atoms with van der Waals surface area (Å²) in [5.41, 5.74) is 0.845. The van der Waals surface area contributed by atoms with Gasteiger partial charge in [0.05, 0.1) is 17.6 Å². The van der Waals surface area contributed by atoms with E-state index in [1.54, 1.807) is 13.8 Å². The molecule has 0 aromatic heterocycles. The van der Waals surface area contributed by atoms with Gasteiger partial charge in [-0.25, -0.2) is 4.79 Å². The molecule has 1 aromatic carbocycles. The van der Waals surface area contributed by atoms with Gasteiger partial charge >= 0.3 is 5.97 Å². The smallest absolute Gasteiger partial charge is 0.338 e. The van der Waals surface area contributed by atoms with Crippen molar-refractivity contribution in [1.29, 1.82) is 0 Å². The minimum absolute atomic E-state index is 0.0381. The van der Waals surface area contributed by atoms with E-state index < -0.39 is 10.9 Å². The van der Waals surface area contributed by atoms with Crippen molar-refractivity contribution in [1.82, 2.24) is 0 Å². The van der Waals surface area contributed by atoms with Crippen LogP contribution in [0.4, 0.5) is 5.69 Å². The molecule has 0 aliphatic rings. The van der Waals surface area contributed by atoms with Crippen LogP contribution < -0.4 is 0 Å². The van der Waals surface area contributed by atoms with Gasteiger partial charge in [-0.15, -0.1) is 0 Å². The molecule has 16 heavy (non-hydrogen) atoms. The molecule has 0 amide bonds. The fourth-order valence-corrected chi connectivity index (χ4v) is 1.35. The van der Waals surface area contributed by atoms with E-state index in [0.717, 1.165) is 5.92 Å². The maximum absolute atomic E-state index is 11.4. The number of hydrogen-bond acceptors (Lipinski definition) is 4. The maximum atomic E-state index is 11.4. The number of carbonyl (C=O) groups is 1. The van der Waals surface area contributed by atoms with Crippen LogP contribution in [0.5, 0.6) is 0 Å². The number of nitro groups is 1. The number of non-ortho nitro benzene ring substituents is 1. The molecule has 0 fully saturated rings. The van der Waals surface area contributed by atoms with Gasteiger partial charge in [-0.3, -0.25) is 10.1 Å². The molecule has 0 atom stereocenters. The molecule has 0 spiro atoms. The first kappa shape index (κ1) is 12.2. The maximum Gasteiger partial charge on any atom is 0.338 e. The molecule has 5 heteroatoms. The average Bonchev–Trinajstić information content (AvgIpc) is 2.26. The molecule has 0 heterocycles. The Kier molecular flexibility index (Phi) is 3.60. The lowest BCUT2D eigenvalue weighted by molar-refractivity contribution is -0.384. The van der Waals surface area contributed by atoms with Crippen molar-refractivity contribution in [2.75, 3.05) is 7.11 Å². The van der Waals surface area contributed by atoms with Crippen LogP contribution in [0.15, 0.2) is 18.2 Å². The number of nitrogens with zero attached hydrogens (tertiary/aromatic N) is 1. The van der Waals surface area contributed by atoms with Gasteiger partial charge in [0.15, 0.2) is 0 Å². The molecule has 0 bridgehead atoms. The molecule has 0 unspecified atom stereocenters. The van der Waals surface area contributed by atoms with Crippen molar-refractivity contribution in [3.8, 4) is 0 Å². The summed E-state index contributed by atoms with van der Waals surface area (Å²) < 4.78 is 4.61. The highest BCUT2D eigenvalue weighted by Gasteiger charge is 2.18. The van der Waals surface area contributed by atoms with E-state index in [1.807, 2.05) is 0 Å². The first-order chi connectivity index (χ1) is 7.47. The number of methoxy groups -OCH3 is 1. The van der Waals surface area contributed by atoms with Gasteiger partial charge in [-0.2, -0.15) is 0 Å². The minimum Gasteiger partial charge on any atom is -0.465 e. The molecule has 1 radical (unpaired) electrons. The number of carbonyl (C=O) groups excluding carboxylic acids is 1. The number of nitro benzene ring substituents is 1. The Morgan fingerprint density at radius 2 is 1.94 bits per heavy atom. The summed E-state index contributed by atoms with van der Waals surface area (Å²) in [4.78, 5) is 21.5. The van der Waals surface area contributed by atoms with Crippen molar-refractivity contribution in [2.24, 2.45) is 0 Å². The molecule has 0 N–H and O–H groups in total. The predicted octanol–water partition coefficient (Wildman–Crippen LogP) is 2.34. The van der Waals surface area contributed by atoms with E-state index in [9.17, 15) is 14.9 Å². The summed E-state index contributed by atoms with van der Waals surface area (Å²) in [7, 11) is 1.28. The minimum atomic E-state index is -0.494. The third-order valence-electron chi connectivity index (χ3n) is 2.16. The van der Waals surface area contributed by atoms with Gasteiger partial charge in [0.25, 0.3) is 5.69 Å². The molecule has 0 saturated heterocycles. The molecule has 0 aliphatic heterocycles. The summed E-state index contributed by atoms with van der Waals surface area (Å²) in [5.74, 6) is 0.329. The van der Waals surface area contributed by atoms with Crippen molar-refractivity contribution in [3.05, 3.63) is 45.4 Å². The van der Waals surface area contributed by atoms with Crippen LogP contribution in [0.25, 0.3) is 0 Å². The second kappa shape index (κ2) is 4.74. The van der Waals surface area contributed by atoms with Crippen LogP contribution >= 0.6 is 0 Å². The summed E-state index contributed by atoms with van der Waals surface area (Å²) in [6.45, 7) is 3.57. The summed E-state index contributed by atoms with van der Waals surface area (Å²) >= 11 is 0. The highest BCUT2D eigenvalue weighted by Crippen LogP contribution is 2.24. The van der Waals surface area contributed by atoms with Crippen molar-refractivity contribution in [2.45, 2.75) is 13.8 Å². The van der Waals surface area contributed by atoms with Crippen LogP contribution in [0, 0.1) is 16.0 Å². The van der Waals surface area contributed by atoms with Crippen LogP contribution in [-0.2, 0) is 4.74 Å². The standard InChI is InChI=1S/C11H12NO4/c1-7(2)10-6-8(12(14)15)4-5-9(10)11(13)16-3/h4-6H,1-3H3. The lowest BCUT2D eigenvalue weighted by Gasteiger charge is -2.09. The number of esters is 1. The van der Waals surface area contributed by atoms with E-state index >= 15 is 0 Å². The van der Waals surface area contributed by atoms with Crippen LogP contribution in [0.1, 0.15) is 29.8 Å².